The van der Waals surface area contributed by atoms with Gasteiger partial charge in [-0.3, -0.25) is 4.98 Å². The SMILES string of the molecule is Fc1cccc2c(COCc3cccc(Cl)c3)ccnc12. The van der Waals surface area contributed by atoms with Crippen molar-refractivity contribution >= 4 is 22.5 Å². The van der Waals surface area contributed by atoms with Gasteiger partial charge < -0.3 is 4.74 Å². The fourth-order valence-corrected chi connectivity index (χ4v) is 2.44. The number of fused-ring (bicyclic) bond motifs is 1. The Hall–Kier alpha value is -1.97. The minimum absolute atomic E-state index is 0.316. The van der Waals surface area contributed by atoms with E-state index in [1.165, 1.54) is 6.07 Å². The summed E-state index contributed by atoms with van der Waals surface area (Å²) in [5.74, 6) is -0.316. The molecule has 0 amide bonds. The summed E-state index contributed by atoms with van der Waals surface area (Å²) in [4.78, 5) is 4.07. The molecular weight excluding hydrogens is 289 g/mol. The summed E-state index contributed by atoms with van der Waals surface area (Å²) in [7, 11) is 0. The van der Waals surface area contributed by atoms with Gasteiger partial charge in [-0.25, -0.2) is 4.39 Å². The zero-order chi connectivity index (χ0) is 14.7. The molecule has 4 heteroatoms. The predicted molar refractivity (Wildman–Crippen MR) is 81.6 cm³/mol. The van der Waals surface area contributed by atoms with Crippen LogP contribution in [0.25, 0.3) is 10.9 Å². The molecule has 3 rings (SSSR count). The second kappa shape index (κ2) is 6.20. The van der Waals surface area contributed by atoms with Crippen LogP contribution >= 0.6 is 11.6 Å². The summed E-state index contributed by atoms with van der Waals surface area (Å²) in [5.41, 5.74) is 2.30. The van der Waals surface area contributed by atoms with Crippen LogP contribution in [0.1, 0.15) is 11.1 Å². The van der Waals surface area contributed by atoms with Gasteiger partial charge in [-0.1, -0.05) is 35.9 Å². The quantitative estimate of drug-likeness (QED) is 0.694. The summed E-state index contributed by atoms with van der Waals surface area (Å²) in [5, 5.41) is 1.47. The minimum Gasteiger partial charge on any atom is -0.372 e. The molecule has 0 aliphatic rings. The highest BCUT2D eigenvalue weighted by atomic mass is 35.5. The van der Waals surface area contributed by atoms with E-state index in [1.54, 1.807) is 12.3 Å². The van der Waals surface area contributed by atoms with Crippen LogP contribution in [0, 0.1) is 5.82 Å². The fourth-order valence-electron chi connectivity index (χ4n) is 2.23. The third kappa shape index (κ3) is 3.20. The standard InChI is InChI=1S/C17H13ClFNO/c18-14-4-1-3-12(9-14)10-21-11-13-7-8-20-17-15(13)5-2-6-16(17)19/h1-9H,10-11H2. The molecule has 0 aliphatic carbocycles. The van der Waals surface area contributed by atoms with Crippen molar-refractivity contribution in [2.45, 2.75) is 13.2 Å². The van der Waals surface area contributed by atoms with Crippen LogP contribution < -0.4 is 0 Å². The largest absolute Gasteiger partial charge is 0.372 e. The summed E-state index contributed by atoms with van der Waals surface area (Å²) in [6.07, 6.45) is 1.60. The number of pyridine rings is 1. The Kier molecular flexibility index (Phi) is 4.13. The lowest BCUT2D eigenvalue weighted by Crippen LogP contribution is -1.96. The van der Waals surface area contributed by atoms with Crippen LogP contribution in [0.15, 0.2) is 54.7 Å². The third-order valence-electron chi connectivity index (χ3n) is 3.23. The Bertz CT molecular complexity index is 776. The first kappa shape index (κ1) is 14.0. The lowest BCUT2D eigenvalue weighted by Gasteiger charge is -2.08. The highest BCUT2D eigenvalue weighted by Gasteiger charge is 2.06. The average molecular weight is 302 g/mol. The number of rotatable bonds is 4. The van der Waals surface area contributed by atoms with Gasteiger partial charge in [0.1, 0.15) is 11.3 Å². The van der Waals surface area contributed by atoms with E-state index in [4.69, 9.17) is 16.3 Å². The van der Waals surface area contributed by atoms with Crippen molar-refractivity contribution < 1.29 is 9.13 Å². The van der Waals surface area contributed by atoms with Crippen molar-refractivity contribution in [2.24, 2.45) is 0 Å². The van der Waals surface area contributed by atoms with Crippen molar-refractivity contribution in [2.75, 3.05) is 0 Å². The number of ether oxygens (including phenoxy) is 1. The van der Waals surface area contributed by atoms with Gasteiger partial charge >= 0.3 is 0 Å². The van der Waals surface area contributed by atoms with E-state index in [0.717, 1.165) is 16.5 Å². The predicted octanol–water partition coefficient (Wildman–Crippen LogP) is 4.74. The first-order valence-electron chi connectivity index (χ1n) is 6.58. The molecule has 0 fully saturated rings. The Morgan fingerprint density at radius 1 is 1.05 bits per heavy atom. The highest BCUT2D eigenvalue weighted by Crippen LogP contribution is 2.20. The molecule has 0 aliphatic heterocycles. The van der Waals surface area contributed by atoms with Gasteiger partial charge in [0.25, 0.3) is 0 Å². The Morgan fingerprint density at radius 2 is 1.90 bits per heavy atom. The number of benzene rings is 2. The Morgan fingerprint density at radius 3 is 2.76 bits per heavy atom. The summed E-state index contributed by atoms with van der Waals surface area (Å²) >= 11 is 5.93. The first-order chi connectivity index (χ1) is 10.2. The van der Waals surface area contributed by atoms with Crippen LogP contribution in [0.3, 0.4) is 0 Å². The van der Waals surface area contributed by atoms with E-state index in [9.17, 15) is 4.39 Å². The molecule has 0 unspecified atom stereocenters. The van der Waals surface area contributed by atoms with Gasteiger partial charge in [-0.05, 0) is 35.4 Å². The summed E-state index contributed by atoms with van der Waals surface area (Å²) < 4.78 is 19.4. The fraction of sp³-hybridized carbons (Fsp3) is 0.118. The molecular formula is C17H13ClFNO. The van der Waals surface area contributed by atoms with Crippen molar-refractivity contribution in [3.8, 4) is 0 Å². The van der Waals surface area contributed by atoms with Gasteiger partial charge in [0.05, 0.1) is 13.2 Å². The molecule has 2 nitrogen and oxygen atoms in total. The molecule has 0 atom stereocenters. The zero-order valence-corrected chi connectivity index (χ0v) is 12.0. The maximum atomic E-state index is 13.7. The lowest BCUT2D eigenvalue weighted by molar-refractivity contribution is 0.108. The van der Waals surface area contributed by atoms with Crippen molar-refractivity contribution in [3.05, 3.63) is 76.7 Å². The van der Waals surface area contributed by atoms with Gasteiger partial charge in [-0.2, -0.15) is 0 Å². The van der Waals surface area contributed by atoms with Gasteiger partial charge in [0.15, 0.2) is 0 Å². The van der Waals surface area contributed by atoms with Crippen LogP contribution in [0.4, 0.5) is 4.39 Å². The Labute approximate surface area is 127 Å². The molecule has 3 aromatic rings. The molecule has 0 N–H and O–H groups in total. The van der Waals surface area contributed by atoms with E-state index in [2.05, 4.69) is 4.98 Å². The van der Waals surface area contributed by atoms with Crippen molar-refractivity contribution in [1.82, 2.24) is 4.98 Å². The zero-order valence-electron chi connectivity index (χ0n) is 11.2. The molecule has 0 bridgehead atoms. The molecule has 0 saturated carbocycles. The van der Waals surface area contributed by atoms with Gasteiger partial charge in [0.2, 0.25) is 0 Å². The Balaban J connectivity index is 1.75. The van der Waals surface area contributed by atoms with Crippen molar-refractivity contribution in [1.29, 1.82) is 0 Å². The molecule has 106 valence electrons. The topological polar surface area (TPSA) is 22.1 Å². The van der Waals surface area contributed by atoms with Crippen LogP contribution in [-0.4, -0.2) is 4.98 Å². The number of nitrogens with zero attached hydrogens (tertiary/aromatic N) is 1. The van der Waals surface area contributed by atoms with E-state index in [1.807, 2.05) is 36.4 Å². The monoisotopic (exact) mass is 301 g/mol. The maximum absolute atomic E-state index is 13.7. The minimum atomic E-state index is -0.316. The smallest absolute Gasteiger partial charge is 0.149 e. The lowest BCUT2D eigenvalue weighted by atomic mass is 10.1. The van der Waals surface area contributed by atoms with Gasteiger partial charge in [0, 0.05) is 16.6 Å². The normalized spacial score (nSPS) is 11.0. The van der Waals surface area contributed by atoms with Crippen LogP contribution in [-0.2, 0) is 18.0 Å². The molecule has 0 radical (unpaired) electrons. The van der Waals surface area contributed by atoms with Crippen LogP contribution in [0.5, 0.6) is 0 Å². The van der Waals surface area contributed by atoms with E-state index >= 15 is 0 Å². The van der Waals surface area contributed by atoms with E-state index < -0.39 is 0 Å². The number of para-hydroxylation sites is 1. The average Bonchev–Trinajstić information content (AvgIpc) is 2.48. The van der Waals surface area contributed by atoms with E-state index in [0.29, 0.717) is 23.8 Å². The first-order valence-corrected chi connectivity index (χ1v) is 6.96. The second-order valence-corrected chi connectivity index (χ2v) is 5.17. The summed E-state index contributed by atoms with van der Waals surface area (Å²) in [6.45, 7) is 0.856. The van der Waals surface area contributed by atoms with E-state index in [-0.39, 0.29) is 5.82 Å². The number of aromatic nitrogens is 1. The molecule has 1 heterocycles. The molecule has 0 saturated heterocycles. The maximum Gasteiger partial charge on any atom is 0.149 e. The highest BCUT2D eigenvalue weighted by molar-refractivity contribution is 6.30. The third-order valence-corrected chi connectivity index (χ3v) is 3.46. The van der Waals surface area contributed by atoms with Crippen molar-refractivity contribution in [3.63, 3.8) is 0 Å². The molecule has 21 heavy (non-hydrogen) atoms. The number of hydrogen-bond donors (Lipinski definition) is 0. The molecule has 2 aromatic carbocycles. The molecule has 0 spiro atoms. The number of hydrogen-bond acceptors (Lipinski definition) is 2. The molecule has 1 aromatic heterocycles. The second-order valence-electron chi connectivity index (χ2n) is 4.73. The van der Waals surface area contributed by atoms with Gasteiger partial charge in [-0.15, -0.1) is 0 Å². The van der Waals surface area contributed by atoms with Crippen LogP contribution in [0.2, 0.25) is 5.02 Å². The summed E-state index contributed by atoms with van der Waals surface area (Å²) in [6, 6.07) is 14.3. The number of halogens is 2.